The van der Waals surface area contributed by atoms with Gasteiger partial charge in [0.25, 0.3) is 0 Å². The minimum absolute atomic E-state index is 0.0326. The number of aromatic nitrogens is 3. The van der Waals surface area contributed by atoms with E-state index in [1.807, 2.05) is 24.1 Å². The SMILES string of the molecule is Cc1nc(CN(C)C2CCN(C(=O)/C=C/c3cccnc3)C2)no1. The summed E-state index contributed by atoms with van der Waals surface area (Å²) in [5.41, 5.74) is 0.922. The second-order valence-electron chi connectivity index (χ2n) is 5.99. The number of aryl methyl sites for hydroxylation is 1. The molecule has 3 heterocycles. The lowest BCUT2D eigenvalue weighted by Gasteiger charge is -2.22. The van der Waals surface area contributed by atoms with Crippen molar-refractivity contribution < 1.29 is 9.32 Å². The van der Waals surface area contributed by atoms with Gasteiger partial charge in [0.05, 0.1) is 6.54 Å². The monoisotopic (exact) mass is 327 g/mol. The second kappa shape index (κ2) is 7.35. The summed E-state index contributed by atoms with van der Waals surface area (Å²) in [7, 11) is 2.02. The number of carbonyl (C=O) groups is 1. The third-order valence-electron chi connectivity index (χ3n) is 4.16. The van der Waals surface area contributed by atoms with E-state index in [1.54, 1.807) is 31.5 Å². The van der Waals surface area contributed by atoms with Gasteiger partial charge in [-0.15, -0.1) is 0 Å². The Hall–Kier alpha value is -2.54. The molecule has 1 amide bonds. The number of amides is 1. The van der Waals surface area contributed by atoms with Gasteiger partial charge in [0, 0.05) is 44.5 Å². The van der Waals surface area contributed by atoms with Gasteiger partial charge in [0.15, 0.2) is 5.82 Å². The Morgan fingerprint density at radius 2 is 2.42 bits per heavy atom. The average molecular weight is 327 g/mol. The van der Waals surface area contributed by atoms with Gasteiger partial charge < -0.3 is 9.42 Å². The highest BCUT2D eigenvalue weighted by atomic mass is 16.5. The Kier molecular flexibility index (Phi) is 5.00. The zero-order chi connectivity index (χ0) is 16.9. The van der Waals surface area contributed by atoms with Crippen LogP contribution in [0.25, 0.3) is 6.08 Å². The minimum Gasteiger partial charge on any atom is -0.340 e. The zero-order valence-electron chi connectivity index (χ0n) is 13.9. The van der Waals surface area contributed by atoms with Gasteiger partial charge in [-0.25, -0.2) is 0 Å². The Balaban J connectivity index is 1.52. The number of pyridine rings is 1. The predicted octanol–water partition coefficient (Wildman–Crippen LogP) is 1.52. The van der Waals surface area contributed by atoms with Crippen LogP contribution in [0.4, 0.5) is 0 Å². The maximum absolute atomic E-state index is 12.3. The highest BCUT2D eigenvalue weighted by Gasteiger charge is 2.28. The maximum atomic E-state index is 12.3. The minimum atomic E-state index is 0.0326. The summed E-state index contributed by atoms with van der Waals surface area (Å²) in [6.45, 7) is 3.87. The molecule has 1 aliphatic heterocycles. The fourth-order valence-electron chi connectivity index (χ4n) is 2.81. The summed E-state index contributed by atoms with van der Waals surface area (Å²) in [5.74, 6) is 1.28. The molecule has 24 heavy (non-hydrogen) atoms. The first kappa shape index (κ1) is 16.3. The Morgan fingerprint density at radius 1 is 1.54 bits per heavy atom. The molecule has 0 aromatic carbocycles. The Labute approximate surface area is 141 Å². The van der Waals surface area contributed by atoms with Crippen molar-refractivity contribution in [3.8, 4) is 0 Å². The van der Waals surface area contributed by atoms with Crippen molar-refractivity contribution in [1.29, 1.82) is 0 Å². The largest absolute Gasteiger partial charge is 0.340 e. The van der Waals surface area contributed by atoms with E-state index in [-0.39, 0.29) is 5.91 Å². The smallest absolute Gasteiger partial charge is 0.246 e. The summed E-state index contributed by atoms with van der Waals surface area (Å²) in [5, 5.41) is 3.92. The molecule has 1 saturated heterocycles. The normalized spacial score (nSPS) is 18.0. The van der Waals surface area contributed by atoms with Gasteiger partial charge in [0.1, 0.15) is 0 Å². The molecule has 2 aromatic heterocycles. The lowest BCUT2D eigenvalue weighted by atomic mass is 10.2. The molecule has 3 rings (SSSR count). The molecule has 0 radical (unpaired) electrons. The van der Waals surface area contributed by atoms with Gasteiger partial charge >= 0.3 is 0 Å². The second-order valence-corrected chi connectivity index (χ2v) is 5.99. The van der Waals surface area contributed by atoms with Crippen molar-refractivity contribution in [1.82, 2.24) is 24.9 Å². The molecule has 0 saturated carbocycles. The van der Waals surface area contributed by atoms with Crippen molar-refractivity contribution in [2.24, 2.45) is 0 Å². The fraction of sp³-hybridized carbons (Fsp3) is 0.412. The van der Waals surface area contributed by atoms with E-state index in [1.165, 1.54) is 0 Å². The number of likely N-dealkylation sites (N-methyl/N-ethyl adjacent to an activating group) is 1. The van der Waals surface area contributed by atoms with E-state index in [0.29, 0.717) is 30.8 Å². The van der Waals surface area contributed by atoms with Gasteiger partial charge in [-0.1, -0.05) is 11.2 Å². The maximum Gasteiger partial charge on any atom is 0.246 e. The lowest BCUT2D eigenvalue weighted by Crippen LogP contribution is -2.35. The van der Waals surface area contributed by atoms with Crippen LogP contribution in [-0.2, 0) is 11.3 Å². The van der Waals surface area contributed by atoms with E-state index in [9.17, 15) is 4.79 Å². The van der Waals surface area contributed by atoms with Crippen LogP contribution in [-0.4, -0.2) is 57.0 Å². The van der Waals surface area contributed by atoms with E-state index in [2.05, 4.69) is 20.0 Å². The molecule has 0 spiro atoms. The van der Waals surface area contributed by atoms with Crippen LogP contribution in [0.5, 0.6) is 0 Å². The molecule has 0 bridgehead atoms. The number of hydrogen-bond acceptors (Lipinski definition) is 6. The third-order valence-corrected chi connectivity index (χ3v) is 4.16. The molecule has 126 valence electrons. The molecule has 2 aromatic rings. The molecule has 1 atom stereocenters. The van der Waals surface area contributed by atoms with Gasteiger partial charge in [0.2, 0.25) is 11.8 Å². The van der Waals surface area contributed by atoms with E-state index >= 15 is 0 Å². The molecular weight excluding hydrogens is 306 g/mol. The van der Waals surface area contributed by atoms with E-state index in [4.69, 9.17) is 4.52 Å². The van der Waals surface area contributed by atoms with Crippen LogP contribution < -0.4 is 0 Å². The van der Waals surface area contributed by atoms with Gasteiger partial charge in [-0.05, 0) is 31.2 Å². The van der Waals surface area contributed by atoms with E-state index < -0.39 is 0 Å². The Bertz CT molecular complexity index is 713. The summed E-state index contributed by atoms with van der Waals surface area (Å²) < 4.78 is 4.99. The third kappa shape index (κ3) is 4.05. The predicted molar refractivity (Wildman–Crippen MR) is 88.8 cm³/mol. The number of carbonyl (C=O) groups excluding carboxylic acids is 1. The molecule has 7 nitrogen and oxygen atoms in total. The standard InChI is InChI=1S/C17H21N5O2/c1-13-19-16(20-24-13)12-21(2)15-7-9-22(11-15)17(23)6-5-14-4-3-8-18-10-14/h3-6,8,10,15H,7,9,11-12H2,1-2H3/b6-5+. The summed E-state index contributed by atoms with van der Waals surface area (Å²) in [6, 6.07) is 4.08. The molecule has 1 aliphatic rings. The van der Waals surface area contributed by atoms with Crippen LogP contribution in [0.1, 0.15) is 23.7 Å². The first-order chi connectivity index (χ1) is 11.6. The van der Waals surface area contributed by atoms with Crippen molar-refractivity contribution in [2.45, 2.75) is 25.9 Å². The number of nitrogens with zero attached hydrogens (tertiary/aromatic N) is 5. The van der Waals surface area contributed by atoms with Crippen molar-refractivity contribution in [3.63, 3.8) is 0 Å². The molecule has 0 aliphatic carbocycles. The highest BCUT2D eigenvalue weighted by molar-refractivity contribution is 5.91. The summed E-state index contributed by atoms with van der Waals surface area (Å²) in [4.78, 5) is 24.6. The van der Waals surface area contributed by atoms with Gasteiger partial charge in [-0.3, -0.25) is 14.7 Å². The number of likely N-dealkylation sites (tertiary alicyclic amines) is 1. The first-order valence-corrected chi connectivity index (χ1v) is 7.98. The van der Waals surface area contributed by atoms with Crippen LogP contribution in [0.15, 0.2) is 35.1 Å². The zero-order valence-corrected chi connectivity index (χ0v) is 13.9. The summed E-state index contributed by atoms with van der Waals surface area (Å²) in [6.07, 6.45) is 7.80. The number of rotatable bonds is 5. The van der Waals surface area contributed by atoms with Gasteiger partial charge in [-0.2, -0.15) is 4.98 Å². The quantitative estimate of drug-likeness (QED) is 0.775. The topological polar surface area (TPSA) is 75.4 Å². The molecule has 7 heteroatoms. The fourth-order valence-corrected chi connectivity index (χ4v) is 2.81. The Morgan fingerprint density at radius 3 is 3.12 bits per heavy atom. The first-order valence-electron chi connectivity index (χ1n) is 7.98. The molecular formula is C17H21N5O2. The van der Waals surface area contributed by atoms with Crippen LogP contribution in [0, 0.1) is 6.92 Å². The molecule has 0 N–H and O–H groups in total. The lowest BCUT2D eigenvalue weighted by molar-refractivity contribution is -0.125. The van der Waals surface area contributed by atoms with Crippen LogP contribution in [0.3, 0.4) is 0 Å². The molecule has 1 fully saturated rings. The number of hydrogen-bond donors (Lipinski definition) is 0. The summed E-state index contributed by atoms with van der Waals surface area (Å²) >= 11 is 0. The molecule has 1 unspecified atom stereocenters. The van der Waals surface area contributed by atoms with Crippen molar-refractivity contribution >= 4 is 12.0 Å². The van der Waals surface area contributed by atoms with Crippen molar-refractivity contribution in [3.05, 3.63) is 47.9 Å². The van der Waals surface area contributed by atoms with E-state index in [0.717, 1.165) is 18.5 Å². The average Bonchev–Trinajstić information content (AvgIpc) is 3.23. The highest BCUT2D eigenvalue weighted by Crippen LogP contribution is 2.16. The van der Waals surface area contributed by atoms with Crippen LogP contribution >= 0.6 is 0 Å². The van der Waals surface area contributed by atoms with Crippen molar-refractivity contribution in [2.75, 3.05) is 20.1 Å². The van der Waals surface area contributed by atoms with Crippen LogP contribution in [0.2, 0.25) is 0 Å².